The van der Waals surface area contributed by atoms with Gasteiger partial charge in [0.1, 0.15) is 17.3 Å². The molecule has 8 heteroatoms. The highest BCUT2D eigenvalue weighted by molar-refractivity contribution is 9.11. The minimum absolute atomic E-state index is 0.178. The van der Waals surface area contributed by atoms with Crippen LogP contribution in [0.5, 0.6) is 5.75 Å². The third-order valence-electron chi connectivity index (χ3n) is 3.95. The molecule has 0 bridgehead atoms. The van der Waals surface area contributed by atoms with E-state index in [1.54, 1.807) is 6.07 Å². The molecule has 0 unspecified atom stereocenters. The zero-order valence-corrected chi connectivity index (χ0v) is 19.6. The van der Waals surface area contributed by atoms with E-state index in [2.05, 4.69) is 42.4 Å². The van der Waals surface area contributed by atoms with Crippen molar-refractivity contribution in [1.82, 2.24) is 5.43 Å². The van der Waals surface area contributed by atoms with Gasteiger partial charge in [-0.2, -0.15) is 5.10 Å². The van der Waals surface area contributed by atoms with Gasteiger partial charge in [0.25, 0.3) is 5.91 Å². The number of furan rings is 1. The lowest BCUT2D eigenvalue weighted by Gasteiger charge is -2.10. The van der Waals surface area contributed by atoms with E-state index in [9.17, 15) is 4.79 Å². The van der Waals surface area contributed by atoms with Crippen LogP contribution in [0.3, 0.4) is 0 Å². The number of hydrogen-bond donors (Lipinski definition) is 1. The van der Waals surface area contributed by atoms with Gasteiger partial charge < -0.3 is 9.15 Å². The van der Waals surface area contributed by atoms with Crippen LogP contribution < -0.4 is 10.2 Å². The van der Waals surface area contributed by atoms with Gasteiger partial charge >= 0.3 is 0 Å². The molecule has 0 radical (unpaired) electrons. The molecule has 1 heterocycles. The van der Waals surface area contributed by atoms with Crippen LogP contribution in [0.1, 0.15) is 16.9 Å². The molecule has 29 heavy (non-hydrogen) atoms. The second kappa shape index (κ2) is 9.61. The predicted octanol–water partition coefficient (Wildman–Crippen LogP) is 6.27. The molecule has 0 saturated heterocycles. The molecule has 5 nitrogen and oxygen atoms in total. The van der Waals surface area contributed by atoms with Gasteiger partial charge in [0, 0.05) is 10.6 Å². The molecule has 150 valence electrons. The summed E-state index contributed by atoms with van der Waals surface area (Å²) in [7, 11) is 0. The lowest BCUT2D eigenvalue weighted by Crippen LogP contribution is -2.24. The van der Waals surface area contributed by atoms with Crippen molar-refractivity contribution in [3.63, 3.8) is 0 Å². The Balaban J connectivity index is 1.56. The first-order chi connectivity index (χ1) is 13.8. The first-order valence-electron chi connectivity index (χ1n) is 8.60. The maximum Gasteiger partial charge on any atom is 0.277 e. The van der Waals surface area contributed by atoms with E-state index in [0.29, 0.717) is 22.3 Å². The lowest BCUT2D eigenvalue weighted by molar-refractivity contribution is -0.123. The number of rotatable bonds is 6. The molecule has 3 rings (SSSR count). The van der Waals surface area contributed by atoms with Crippen LogP contribution in [0.4, 0.5) is 0 Å². The van der Waals surface area contributed by atoms with Crippen LogP contribution in [0, 0.1) is 13.8 Å². The molecule has 0 spiro atoms. The van der Waals surface area contributed by atoms with E-state index in [1.807, 2.05) is 50.2 Å². The highest BCUT2D eigenvalue weighted by Crippen LogP contribution is 2.34. The van der Waals surface area contributed by atoms with E-state index in [1.165, 1.54) is 6.21 Å². The Bertz CT molecular complexity index is 1060. The Kier molecular flexibility index (Phi) is 7.16. The zero-order valence-electron chi connectivity index (χ0n) is 15.6. The van der Waals surface area contributed by atoms with Crippen molar-refractivity contribution in [3.05, 3.63) is 73.3 Å². The van der Waals surface area contributed by atoms with Crippen molar-refractivity contribution in [2.24, 2.45) is 5.10 Å². The number of aryl methyl sites for hydroxylation is 2. The summed E-state index contributed by atoms with van der Waals surface area (Å²) in [5.41, 5.74) is 5.34. The molecule has 0 aliphatic rings. The summed E-state index contributed by atoms with van der Waals surface area (Å²) < 4.78 is 12.8. The number of ether oxygens (including phenoxy) is 1. The molecular formula is C21H17Br2ClN2O3. The first kappa shape index (κ1) is 21.6. The van der Waals surface area contributed by atoms with Gasteiger partial charge in [0.2, 0.25) is 0 Å². The Morgan fingerprint density at radius 2 is 1.90 bits per heavy atom. The maximum absolute atomic E-state index is 12.0. The standard InChI is InChI=1S/C21H17Br2ClN2O3/c1-12-7-16(22)21(17(23)8-12)28-11-20(27)26-25-10-15-5-6-19(29-15)14-4-3-13(2)18(24)9-14/h3-10H,11H2,1-2H3,(H,26,27)/b25-10+. The number of benzene rings is 2. The molecule has 0 atom stereocenters. The number of amides is 1. The molecule has 0 aliphatic heterocycles. The van der Waals surface area contributed by atoms with Crippen molar-refractivity contribution in [2.45, 2.75) is 13.8 Å². The van der Waals surface area contributed by atoms with Gasteiger partial charge in [-0.1, -0.05) is 23.7 Å². The van der Waals surface area contributed by atoms with Crippen LogP contribution in [0.2, 0.25) is 5.02 Å². The first-order valence-corrected chi connectivity index (χ1v) is 10.6. The van der Waals surface area contributed by atoms with Gasteiger partial charge in [0.05, 0.1) is 15.2 Å². The van der Waals surface area contributed by atoms with Gasteiger partial charge in [-0.25, -0.2) is 5.43 Å². The Hall–Kier alpha value is -2.09. The molecule has 0 fully saturated rings. The second-order valence-electron chi connectivity index (χ2n) is 6.31. The van der Waals surface area contributed by atoms with Crippen molar-refractivity contribution >= 4 is 55.6 Å². The van der Waals surface area contributed by atoms with Gasteiger partial charge in [0.15, 0.2) is 6.61 Å². The van der Waals surface area contributed by atoms with E-state index < -0.39 is 5.91 Å². The number of hydrazone groups is 1. The van der Waals surface area contributed by atoms with Crippen LogP contribution in [0.15, 0.2) is 60.9 Å². The minimum atomic E-state index is -0.391. The molecule has 2 aromatic carbocycles. The average molecular weight is 541 g/mol. The zero-order chi connectivity index (χ0) is 21.0. The van der Waals surface area contributed by atoms with Crippen molar-refractivity contribution in [3.8, 4) is 17.1 Å². The summed E-state index contributed by atoms with van der Waals surface area (Å²) in [4.78, 5) is 12.0. The molecule has 0 saturated carbocycles. The predicted molar refractivity (Wildman–Crippen MR) is 122 cm³/mol. The third-order valence-corrected chi connectivity index (χ3v) is 5.54. The quantitative estimate of drug-likeness (QED) is 0.296. The molecule has 3 aromatic rings. The van der Waals surface area contributed by atoms with E-state index >= 15 is 0 Å². The fraction of sp³-hybridized carbons (Fsp3) is 0.143. The molecule has 1 amide bonds. The fourth-order valence-corrected chi connectivity index (χ4v) is 4.31. The second-order valence-corrected chi connectivity index (χ2v) is 8.42. The molecule has 1 aromatic heterocycles. The summed E-state index contributed by atoms with van der Waals surface area (Å²) in [6.45, 7) is 3.73. The number of hydrogen-bond acceptors (Lipinski definition) is 4. The molecule has 1 N–H and O–H groups in total. The lowest BCUT2D eigenvalue weighted by atomic mass is 10.1. The highest BCUT2D eigenvalue weighted by atomic mass is 79.9. The largest absolute Gasteiger partial charge is 0.481 e. The molecular weight excluding hydrogens is 524 g/mol. The summed E-state index contributed by atoms with van der Waals surface area (Å²) in [5, 5.41) is 4.58. The van der Waals surface area contributed by atoms with Crippen LogP contribution >= 0.6 is 43.5 Å². The van der Waals surface area contributed by atoms with Crippen LogP contribution in [-0.4, -0.2) is 18.7 Å². The normalized spacial score (nSPS) is 11.1. The van der Waals surface area contributed by atoms with E-state index in [-0.39, 0.29) is 6.61 Å². The smallest absolute Gasteiger partial charge is 0.277 e. The van der Waals surface area contributed by atoms with Crippen LogP contribution in [-0.2, 0) is 4.79 Å². The Morgan fingerprint density at radius 3 is 2.59 bits per heavy atom. The minimum Gasteiger partial charge on any atom is -0.481 e. The monoisotopic (exact) mass is 538 g/mol. The topological polar surface area (TPSA) is 63.8 Å². The number of halogens is 3. The number of carbonyl (C=O) groups is 1. The third kappa shape index (κ3) is 5.72. The van der Waals surface area contributed by atoms with Gasteiger partial charge in [-0.3, -0.25) is 4.79 Å². The average Bonchev–Trinajstić information content (AvgIpc) is 3.12. The van der Waals surface area contributed by atoms with E-state index in [0.717, 1.165) is 25.6 Å². The Morgan fingerprint density at radius 1 is 1.17 bits per heavy atom. The van der Waals surface area contributed by atoms with E-state index in [4.69, 9.17) is 20.8 Å². The summed E-state index contributed by atoms with van der Waals surface area (Å²) in [5.74, 6) is 1.33. The summed E-state index contributed by atoms with van der Waals surface area (Å²) >= 11 is 13.0. The van der Waals surface area contributed by atoms with Gasteiger partial charge in [-0.15, -0.1) is 0 Å². The maximum atomic E-state index is 12.0. The fourth-order valence-electron chi connectivity index (χ4n) is 2.49. The van der Waals surface area contributed by atoms with Crippen molar-refractivity contribution < 1.29 is 13.9 Å². The van der Waals surface area contributed by atoms with Gasteiger partial charge in [-0.05, 0) is 87.2 Å². The molecule has 0 aliphatic carbocycles. The number of nitrogens with one attached hydrogen (secondary N) is 1. The van der Waals surface area contributed by atoms with Crippen molar-refractivity contribution in [1.29, 1.82) is 0 Å². The number of carbonyl (C=O) groups excluding carboxylic acids is 1. The Labute approximate surface area is 190 Å². The number of nitrogens with zero attached hydrogens (tertiary/aromatic N) is 1. The van der Waals surface area contributed by atoms with Crippen LogP contribution in [0.25, 0.3) is 11.3 Å². The summed E-state index contributed by atoms with van der Waals surface area (Å²) in [6, 6.07) is 13.1. The summed E-state index contributed by atoms with van der Waals surface area (Å²) in [6.07, 6.45) is 1.43. The van der Waals surface area contributed by atoms with Crippen molar-refractivity contribution in [2.75, 3.05) is 6.61 Å². The highest BCUT2D eigenvalue weighted by Gasteiger charge is 2.10. The SMILES string of the molecule is Cc1cc(Br)c(OCC(=O)N/N=C/c2ccc(-c3ccc(C)c(Cl)c3)o2)c(Br)c1.